The highest BCUT2D eigenvalue weighted by Gasteiger charge is 2.28. The van der Waals surface area contributed by atoms with Gasteiger partial charge in [-0.3, -0.25) is 9.55 Å². The van der Waals surface area contributed by atoms with Gasteiger partial charge in [0.05, 0.1) is 22.3 Å². The van der Waals surface area contributed by atoms with Gasteiger partial charge in [0.25, 0.3) is 0 Å². The van der Waals surface area contributed by atoms with E-state index >= 15 is 0 Å². The van der Waals surface area contributed by atoms with Crippen LogP contribution >= 0.6 is 0 Å². The number of benzene rings is 6. The molecule has 0 saturated heterocycles. The van der Waals surface area contributed by atoms with Crippen LogP contribution in [0.25, 0.3) is 72.7 Å². The van der Waals surface area contributed by atoms with Crippen LogP contribution in [0.5, 0.6) is 5.75 Å². The number of pyridine rings is 1. The van der Waals surface area contributed by atoms with Crippen molar-refractivity contribution in [3.05, 3.63) is 168 Å². The van der Waals surface area contributed by atoms with Gasteiger partial charge < -0.3 is 5.11 Å². The number of aryl methyl sites for hydroxylation is 2. The molecule has 2 aromatic heterocycles. The summed E-state index contributed by atoms with van der Waals surface area (Å²) in [5, 5.41) is 12.2. The van der Waals surface area contributed by atoms with E-state index in [0.717, 1.165) is 55.7 Å². The summed E-state index contributed by atoms with van der Waals surface area (Å²) in [6.45, 7) is 7.74. The predicted octanol–water partition coefficient (Wildman–Crippen LogP) is 13.7. The summed E-state index contributed by atoms with van der Waals surface area (Å²) in [7, 11) is 0. The summed E-state index contributed by atoms with van der Waals surface area (Å²) in [4.78, 5) is 10.2. The summed E-state index contributed by atoms with van der Waals surface area (Å²) in [5.41, 5.74) is 9.93. The van der Waals surface area contributed by atoms with E-state index in [-0.39, 0.29) is 33.3 Å². The lowest BCUT2D eigenvalue weighted by molar-refractivity contribution is 0.446. The number of hydrogen-bond acceptors (Lipinski definition) is 3. The zero-order chi connectivity index (χ0) is 44.4. The zero-order valence-corrected chi connectivity index (χ0v) is 32.6. The molecule has 56 heavy (non-hydrogen) atoms. The summed E-state index contributed by atoms with van der Waals surface area (Å²) in [6, 6.07) is 44.5. The number of hydrogen-bond donors (Lipinski definition) is 1. The van der Waals surface area contributed by atoms with Gasteiger partial charge in [0, 0.05) is 36.8 Å². The molecule has 0 saturated carbocycles. The van der Waals surface area contributed by atoms with Crippen LogP contribution in [0, 0.1) is 13.7 Å². The van der Waals surface area contributed by atoms with Gasteiger partial charge in [0.15, 0.2) is 0 Å². The quantitative estimate of drug-likeness (QED) is 0.185. The molecule has 0 aliphatic carbocycles. The van der Waals surface area contributed by atoms with Crippen LogP contribution < -0.4 is 0 Å². The average molecular weight is 738 g/mol. The molecule has 278 valence electrons. The van der Waals surface area contributed by atoms with Gasteiger partial charge in [0.1, 0.15) is 11.6 Å². The summed E-state index contributed by atoms with van der Waals surface area (Å²) < 4.78 is 52.0. The van der Waals surface area contributed by atoms with Gasteiger partial charge in [-0.25, -0.2) is 4.98 Å². The molecular formula is C52H49N3O. The van der Waals surface area contributed by atoms with Crippen molar-refractivity contribution in [3.8, 4) is 67.5 Å². The van der Waals surface area contributed by atoms with E-state index in [1.165, 1.54) is 18.2 Å². The molecule has 4 heteroatoms. The van der Waals surface area contributed by atoms with Gasteiger partial charge in [-0.05, 0) is 124 Å². The molecule has 0 amide bonds. The molecule has 8 rings (SSSR count). The molecule has 0 radical (unpaired) electrons. The SMILES string of the molecule is [2H]C([2H])([2H])c1cccc(C([2H])([2H])[2H])c1-c1ccnc(-c2cc(-c3ccccc3)cc(-c3cccc4c3nc(-c3cc(C(C)(C)C)cc(C(C)(C)C)c3O)n4-c3ccccc3)c2)c1. The molecule has 1 N–H and O–H groups in total. The third kappa shape index (κ3) is 6.81. The Hall–Kier alpha value is -6.26. The van der Waals surface area contributed by atoms with Crippen molar-refractivity contribution in [1.82, 2.24) is 14.5 Å². The Kier molecular flexibility index (Phi) is 7.56. The highest BCUT2D eigenvalue weighted by Crippen LogP contribution is 2.45. The fourth-order valence-electron chi connectivity index (χ4n) is 7.50. The number of fused-ring (bicyclic) bond motifs is 1. The molecule has 6 aromatic carbocycles. The third-order valence-electron chi connectivity index (χ3n) is 10.5. The number of phenolic OH excluding ortho intramolecular Hbond substituents is 1. The molecule has 0 atom stereocenters. The fourth-order valence-corrected chi connectivity index (χ4v) is 7.50. The number of imidazole rings is 1. The van der Waals surface area contributed by atoms with E-state index in [9.17, 15) is 5.11 Å². The van der Waals surface area contributed by atoms with E-state index in [0.29, 0.717) is 22.6 Å². The van der Waals surface area contributed by atoms with Gasteiger partial charge in [0.2, 0.25) is 0 Å². The molecule has 8 aromatic rings. The first kappa shape index (κ1) is 30.0. The Morgan fingerprint density at radius 1 is 0.571 bits per heavy atom. The first-order chi connectivity index (χ1) is 29.2. The molecule has 0 aliphatic heterocycles. The van der Waals surface area contributed by atoms with Crippen molar-refractivity contribution in [2.75, 3.05) is 0 Å². The fraction of sp³-hybridized carbons (Fsp3) is 0.192. The number of aromatic nitrogens is 3. The number of phenols is 1. The third-order valence-corrected chi connectivity index (χ3v) is 10.5. The van der Waals surface area contributed by atoms with Crippen molar-refractivity contribution in [1.29, 1.82) is 0 Å². The lowest BCUT2D eigenvalue weighted by atomic mass is 9.79. The molecule has 0 aliphatic rings. The van der Waals surface area contributed by atoms with Crippen LogP contribution in [0.3, 0.4) is 0 Å². The second kappa shape index (κ2) is 14.1. The highest BCUT2D eigenvalue weighted by atomic mass is 16.3. The number of rotatable bonds is 6. The standard InChI is InChI=1S/C52H49N3O/c1-33-17-15-18-34(2)47(33)36-25-26-53-45(30-36)39-28-37(35-19-11-9-12-20-35)27-38(29-39)42-23-16-24-46-48(42)54-50(55(46)41-21-13-10-14-22-41)43-31-40(51(3,4)5)32-44(49(43)56)52(6,7)8/h9-32,56H,1-8H3/i1D3,2D3. The maximum absolute atomic E-state index is 12.2. The van der Waals surface area contributed by atoms with Crippen molar-refractivity contribution in [2.45, 2.75) is 66.1 Å². The largest absolute Gasteiger partial charge is 0.507 e. The number of aromatic hydroxyl groups is 1. The van der Waals surface area contributed by atoms with Crippen LogP contribution in [-0.2, 0) is 10.8 Å². The Balaban J connectivity index is 1.40. The first-order valence-electron chi connectivity index (χ1n) is 22.0. The van der Waals surface area contributed by atoms with E-state index in [1.807, 2.05) is 84.9 Å². The van der Waals surface area contributed by atoms with Crippen molar-refractivity contribution in [2.24, 2.45) is 0 Å². The molecule has 0 unspecified atom stereocenters. The zero-order valence-electron chi connectivity index (χ0n) is 38.6. The molecule has 4 nitrogen and oxygen atoms in total. The maximum atomic E-state index is 12.2. The second-order valence-corrected chi connectivity index (χ2v) is 16.5. The van der Waals surface area contributed by atoms with Gasteiger partial charge in [-0.15, -0.1) is 0 Å². The molecule has 0 fully saturated rings. The highest BCUT2D eigenvalue weighted by molar-refractivity contribution is 5.97. The monoisotopic (exact) mass is 737 g/mol. The minimum atomic E-state index is -2.56. The van der Waals surface area contributed by atoms with Crippen LogP contribution in [0.1, 0.15) is 72.0 Å². The first-order valence-corrected chi connectivity index (χ1v) is 19.0. The number of para-hydroxylation sites is 2. The van der Waals surface area contributed by atoms with E-state index in [2.05, 4.69) is 70.4 Å². The summed E-state index contributed by atoms with van der Waals surface area (Å²) in [5.74, 6) is 0.806. The average Bonchev–Trinajstić information content (AvgIpc) is 3.62. The molecule has 0 bridgehead atoms. The summed E-state index contributed by atoms with van der Waals surface area (Å²) in [6.07, 6.45) is 1.59. The lowest BCUT2D eigenvalue weighted by Gasteiger charge is -2.27. The molecule has 2 heterocycles. The van der Waals surface area contributed by atoms with Gasteiger partial charge in [-0.2, -0.15) is 0 Å². The lowest BCUT2D eigenvalue weighted by Crippen LogP contribution is -2.17. The van der Waals surface area contributed by atoms with Gasteiger partial charge in [-0.1, -0.05) is 126 Å². The smallest absolute Gasteiger partial charge is 0.149 e. The van der Waals surface area contributed by atoms with Crippen molar-refractivity contribution < 1.29 is 13.3 Å². The van der Waals surface area contributed by atoms with E-state index < -0.39 is 13.7 Å². The maximum Gasteiger partial charge on any atom is 0.149 e. The van der Waals surface area contributed by atoms with Crippen molar-refractivity contribution >= 4 is 11.0 Å². The van der Waals surface area contributed by atoms with Crippen LogP contribution in [-0.4, -0.2) is 19.6 Å². The molecular weight excluding hydrogens is 683 g/mol. The van der Waals surface area contributed by atoms with E-state index in [1.54, 1.807) is 18.3 Å². The Morgan fingerprint density at radius 3 is 1.91 bits per heavy atom. The van der Waals surface area contributed by atoms with Crippen LogP contribution in [0.2, 0.25) is 0 Å². The minimum absolute atomic E-state index is 0.0350. The Morgan fingerprint density at radius 2 is 1.23 bits per heavy atom. The van der Waals surface area contributed by atoms with Gasteiger partial charge >= 0.3 is 0 Å². The number of nitrogens with zero attached hydrogens (tertiary/aromatic N) is 3. The summed E-state index contributed by atoms with van der Waals surface area (Å²) >= 11 is 0. The van der Waals surface area contributed by atoms with E-state index in [4.69, 9.17) is 18.2 Å². The minimum Gasteiger partial charge on any atom is -0.507 e. The Bertz CT molecular complexity index is 2920. The topological polar surface area (TPSA) is 50.9 Å². The predicted molar refractivity (Wildman–Crippen MR) is 235 cm³/mol. The Labute approximate surface area is 339 Å². The normalized spacial score (nSPS) is 14.0. The van der Waals surface area contributed by atoms with Crippen molar-refractivity contribution in [3.63, 3.8) is 0 Å². The van der Waals surface area contributed by atoms with Crippen LogP contribution in [0.15, 0.2) is 146 Å². The van der Waals surface area contributed by atoms with Crippen LogP contribution in [0.4, 0.5) is 0 Å². The molecule has 0 spiro atoms. The second-order valence-electron chi connectivity index (χ2n) is 16.5.